The van der Waals surface area contributed by atoms with Crippen molar-refractivity contribution in [3.05, 3.63) is 0 Å². The predicted molar refractivity (Wildman–Crippen MR) is 36.8 cm³/mol. The summed E-state index contributed by atoms with van der Waals surface area (Å²) in [5.41, 5.74) is 0. The Hall–Kier alpha value is 0.505. The van der Waals surface area contributed by atoms with Gasteiger partial charge in [0.2, 0.25) is 0 Å². The molecule has 1 N–H and O–H groups in total. The molecule has 0 aromatic rings. The first kappa shape index (κ1) is 7.50. The highest BCUT2D eigenvalue weighted by atomic mass is 79.9. The van der Waals surface area contributed by atoms with Gasteiger partial charge in [0, 0.05) is 5.33 Å². The molecule has 1 nitrogen and oxygen atoms in total. The number of nitrogens with one attached hydrogen (secondary N) is 1. The monoisotopic (exact) mass is 161 g/mol. The zero-order chi connectivity index (χ0) is 5.54. The van der Waals surface area contributed by atoms with Crippen LogP contribution in [0, 0.1) is 0 Å². The van der Waals surface area contributed by atoms with Crippen LogP contribution in [0.15, 0.2) is 0 Å². The Morgan fingerprint density at radius 1 is 1.43 bits per heavy atom. The van der Waals surface area contributed by atoms with Crippen LogP contribution in [0.3, 0.4) is 0 Å². The fourth-order valence-electron chi connectivity index (χ4n) is 0.322. The highest BCUT2D eigenvalue weighted by molar-refractivity contribution is 9.09. The summed E-state index contributed by atoms with van der Waals surface area (Å²) in [5, 5.41) is 3.66. The van der Waals surface area contributed by atoms with Crippen LogP contribution in [0.1, 0.15) is 12.8 Å². The van der Waals surface area contributed by atoms with Crippen LogP contribution in [-0.2, 0) is 0 Å². The summed E-state index contributed by atoms with van der Waals surface area (Å²) in [6.07, 6.45) is 2.35. The SMILES string of the molecule is [B]NCCCCBr. The molecule has 0 saturated heterocycles. The van der Waals surface area contributed by atoms with Gasteiger partial charge in [-0.25, -0.2) is 0 Å². The second-order valence-corrected chi connectivity index (χ2v) is 2.14. The van der Waals surface area contributed by atoms with Gasteiger partial charge in [-0.05, 0) is 19.4 Å². The summed E-state index contributed by atoms with van der Waals surface area (Å²) in [6.45, 7) is 0.922. The molecule has 40 valence electrons. The highest BCUT2D eigenvalue weighted by Crippen LogP contribution is 1.90. The number of unbranched alkanes of at least 4 members (excludes halogenated alkanes) is 1. The maximum Gasteiger partial charge on any atom is 0.177 e. The first-order valence-electron chi connectivity index (χ1n) is 2.41. The van der Waals surface area contributed by atoms with E-state index >= 15 is 0 Å². The van der Waals surface area contributed by atoms with Crippen LogP contribution >= 0.6 is 15.9 Å². The van der Waals surface area contributed by atoms with E-state index in [1.807, 2.05) is 0 Å². The van der Waals surface area contributed by atoms with Crippen LogP contribution < -0.4 is 5.23 Å². The van der Waals surface area contributed by atoms with Gasteiger partial charge < -0.3 is 5.23 Å². The van der Waals surface area contributed by atoms with Gasteiger partial charge in [0.25, 0.3) is 0 Å². The zero-order valence-electron chi connectivity index (χ0n) is 4.28. The molecule has 0 aromatic carbocycles. The van der Waals surface area contributed by atoms with Crippen LogP contribution in [0.4, 0.5) is 0 Å². The third-order valence-corrected chi connectivity index (χ3v) is 1.27. The maximum absolute atomic E-state index is 5.00. The molecule has 0 bridgehead atoms. The summed E-state index contributed by atoms with van der Waals surface area (Å²) in [6, 6.07) is 0. The third kappa shape index (κ3) is 6.50. The Bertz CT molecular complexity index is 30.9. The Kier molecular flexibility index (Phi) is 6.97. The maximum atomic E-state index is 5.00. The smallest absolute Gasteiger partial charge is 0.177 e. The lowest BCUT2D eigenvalue weighted by Crippen LogP contribution is -2.09. The van der Waals surface area contributed by atoms with E-state index in [9.17, 15) is 0 Å². The van der Waals surface area contributed by atoms with Crippen LogP contribution in [0.2, 0.25) is 0 Å². The number of halogens is 1. The first-order chi connectivity index (χ1) is 3.41. The average Bonchev–Trinajstić information content (AvgIpc) is 1.69. The fourth-order valence-corrected chi connectivity index (χ4v) is 0.718. The summed E-state index contributed by atoms with van der Waals surface area (Å²) in [7, 11) is 5.00. The van der Waals surface area contributed by atoms with E-state index in [1.54, 1.807) is 0 Å². The molecule has 0 aliphatic carbocycles. The van der Waals surface area contributed by atoms with Crippen molar-refractivity contribution in [1.82, 2.24) is 5.23 Å². The van der Waals surface area contributed by atoms with E-state index in [1.165, 1.54) is 6.42 Å². The van der Waals surface area contributed by atoms with Gasteiger partial charge in [0.05, 0.1) is 0 Å². The van der Waals surface area contributed by atoms with Crippen molar-refractivity contribution in [2.24, 2.45) is 0 Å². The number of rotatable bonds is 4. The summed E-state index contributed by atoms with van der Waals surface area (Å²) in [5.74, 6) is 0. The zero-order valence-corrected chi connectivity index (χ0v) is 5.87. The van der Waals surface area contributed by atoms with Crippen molar-refractivity contribution in [3.8, 4) is 0 Å². The van der Waals surface area contributed by atoms with Crippen molar-refractivity contribution < 1.29 is 0 Å². The van der Waals surface area contributed by atoms with Crippen LogP contribution in [-0.4, -0.2) is 19.9 Å². The van der Waals surface area contributed by atoms with Crippen molar-refractivity contribution in [2.45, 2.75) is 12.8 Å². The molecule has 0 unspecified atom stereocenters. The lowest BCUT2D eigenvalue weighted by atomic mass is 10.3. The molecule has 0 spiro atoms. The molecule has 0 aliphatic heterocycles. The van der Waals surface area contributed by atoms with Crippen molar-refractivity contribution in [3.63, 3.8) is 0 Å². The number of alkyl halides is 1. The van der Waals surface area contributed by atoms with Gasteiger partial charge in [-0.15, -0.1) is 0 Å². The molecule has 0 rings (SSSR count). The minimum absolute atomic E-state index is 0.922. The van der Waals surface area contributed by atoms with E-state index in [-0.39, 0.29) is 0 Å². The van der Waals surface area contributed by atoms with E-state index in [0.717, 1.165) is 18.3 Å². The Labute approximate surface area is 54.4 Å². The lowest BCUT2D eigenvalue weighted by Gasteiger charge is -1.92. The second kappa shape index (κ2) is 6.50. The van der Waals surface area contributed by atoms with Gasteiger partial charge in [-0.1, -0.05) is 15.9 Å². The van der Waals surface area contributed by atoms with Crippen LogP contribution in [0.5, 0.6) is 0 Å². The molecule has 3 heteroatoms. The van der Waals surface area contributed by atoms with E-state index < -0.39 is 0 Å². The third-order valence-electron chi connectivity index (χ3n) is 0.705. The largest absolute Gasteiger partial charge is 0.366 e. The van der Waals surface area contributed by atoms with Gasteiger partial charge in [-0.3, -0.25) is 0 Å². The summed E-state index contributed by atoms with van der Waals surface area (Å²) >= 11 is 3.31. The van der Waals surface area contributed by atoms with Crippen LogP contribution in [0.25, 0.3) is 0 Å². The predicted octanol–water partition coefficient (Wildman–Crippen LogP) is 0.835. The van der Waals surface area contributed by atoms with Gasteiger partial charge in [-0.2, -0.15) is 0 Å². The number of hydrogen-bond donors (Lipinski definition) is 1. The molecule has 7 heavy (non-hydrogen) atoms. The van der Waals surface area contributed by atoms with Crippen molar-refractivity contribution >= 4 is 23.9 Å². The molecule has 0 atom stereocenters. The van der Waals surface area contributed by atoms with E-state index in [4.69, 9.17) is 7.98 Å². The highest BCUT2D eigenvalue weighted by Gasteiger charge is 1.79. The Morgan fingerprint density at radius 2 is 2.14 bits per heavy atom. The normalized spacial score (nSPS) is 9.29. The number of hydrogen-bond acceptors (Lipinski definition) is 1. The average molecular weight is 162 g/mol. The van der Waals surface area contributed by atoms with Gasteiger partial charge >= 0.3 is 0 Å². The molecule has 0 amide bonds. The minimum Gasteiger partial charge on any atom is -0.366 e. The second-order valence-electron chi connectivity index (χ2n) is 1.35. The van der Waals surface area contributed by atoms with E-state index in [0.29, 0.717) is 0 Å². The topological polar surface area (TPSA) is 12.0 Å². The molecule has 0 heterocycles. The molecule has 0 fully saturated rings. The molecule has 0 saturated carbocycles. The summed E-state index contributed by atoms with van der Waals surface area (Å²) < 4.78 is 0. The minimum atomic E-state index is 0.922. The molecule has 0 aliphatic rings. The molecular weight excluding hydrogens is 153 g/mol. The Morgan fingerprint density at radius 3 is 2.57 bits per heavy atom. The van der Waals surface area contributed by atoms with E-state index in [2.05, 4.69) is 21.2 Å². The molecule has 2 radical (unpaired) electrons. The lowest BCUT2D eigenvalue weighted by molar-refractivity contribution is 0.779. The summed E-state index contributed by atoms with van der Waals surface area (Å²) in [4.78, 5) is 0. The molecular formula is C4H9BBrN. The standard InChI is InChI=1S/C4H9BBrN/c5-7-4-2-1-3-6/h7H,1-4H2. The fraction of sp³-hybridized carbons (Fsp3) is 1.00. The molecule has 0 aromatic heterocycles. The van der Waals surface area contributed by atoms with Gasteiger partial charge in [0.1, 0.15) is 0 Å². The first-order valence-corrected chi connectivity index (χ1v) is 3.53. The van der Waals surface area contributed by atoms with Crippen molar-refractivity contribution in [1.29, 1.82) is 0 Å². The van der Waals surface area contributed by atoms with Gasteiger partial charge in [0.15, 0.2) is 7.98 Å². The quantitative estimate of drug-likeness (QED) is 0.366. The van der Waals surface area contributed by atoms with Crippen molar-refractivity contribution in [2.75, 3.05) is 11.9 Å². The Balaban J connectivity index is 2.45.